The van der Waals surface area contributed by atoms with Gasteiger partial charge in [0.25, 0.3) is 5.91 Å². The van der Waals surface area contributed by atoms with E-state index in [1.165, 1.54) is 43.1 Å². The van der Waals surface area contributed by atoms with Gasteiger partial charge in [0.1, 0.15) is 5.82 Å². The second-order valence-corrected chi connectivity index (χ2v) is 9.19. The van der Waals surface area contributed by atoms with Crippen LogP contribution in [0.4, 0.5) is 27.5 Å². The molecule has 0 atom stereocenters. The Bertz CT molecular complexity index is 1120. The van der Waals surface area contributed by atoms with Gasteiger partial charge in [-0.1, -0.05) is 0 Å². The minimum Gasteiger partial charge on any atom is -0.373 e. The molecular weight excluding hydrogens is 437 g/mol. The highest BCUT2D eigenvalue weighted by atomic mass is 19.1. The van der Waals surface area contributed by atoms with Gasteiger partial charge in [0, 0.05) is 26.8 Å². The number of nitrogens with one attached hydrogen (secondary N) is 1. The summed E-state index contributed by atoms with van der Waals surface area (Å²) in [7, 11) is 5.17. The number of carbonyl (C=O) groups is 2. The van der Waals surface area contributed by atoms with Gasteiger partial charge in [0.05, 0.1) is 28.9 Å². The first-order chi connectivity index (χ1) is 16.1. The summed E-state index contributed by atoms with van der Waals surface area (Å²) >= 11 is 0. The number of nitrogens with zero attached hydrogens (tertiary/aromatic N) is 5. The number of fused-ring (bicyclic) bond motifs is 2. The summed E-state index contributed by atoms with van der Waals surface area (Å²) in [5.74, 6) is -0.0815. The maximum atomic E-state index is 14.0. The molecule has 2 aliphatic rings. The molecule has 1 heterocycles. The number of anilines is 4. The molecule has 2 aliphatic carbocycles. The summed E-state index contributed by atoms with van der Waals surface area (Å²) in [5, 5.41) is 11.7. The summed E-state index contributed by atoms with van der Waals surface area (Å²) in [6.07, 6.45) is 8.42. The van der Waals surface area contributed by atoms with Crippen molar-refractivity contribution < 1.29 is 14.0 Å². The first kappa shape index (κ1) is 24.9. The highest BCUT2D eigenvalue weighted by molar-refractivity contribution is 5.94. The van der Waals surface area contributed by atoms with Gasteiger partial charge in [-0.05, 0) is 62.6 Å². The van der Waals surface area contributed by atoms with Gasteiger partial charge in [-0.2, -0.15) is 10.2 Å². The lowest BCUT2D eigenvalue weighted by molar-refractivity contribution is -0.107. The van der Waals surface area contributed by atoms with E-state index in [4.69, 9.17) is 11.0 Å². The number of nitrogens with two attached hydrogens (primary N) is 1. The van der Waals surface area contributed by atoms with Crippen LogP contribution in [0.15, 0.2) is 18.3 Å². The van der Waals surface area contributed by atoms with Crippen molar-refractivity contribution in [1.29, 1.82) is 5.26 Å². The van der Waals surface area contributed by atoms with Crippen LogP contribution < -0.4 is 20.9 Å². The molecule has 1 aromatic carbocycles. The number of aryl methyl sites for hydroxylation is 1. The second kappa shape index (κ2) is 10.0. The average molecular weight is 468 g/mol. The minimum absolute atomic E-state index is 0.157. The Balaban J connectivity index is 0.000000296. The van der Waals surface area contributed by atoms with Crippen LogP contribution in [0.3, 0.4) is 0 Å². The fourth-order valence-electron chi connectivity index (χ4n) is 4.53. The molecule has 1 aromatic heterocycles. The first-order valence-corrected chi connectivity index (χ1v) is 11.1. The van der Waals surface area contributed by atoms with E-state index in [0.29, 0.717) is 29.2 Å². The van der Waals surface area contributed by atoms with Crippen molar-refractivity contribution in [3.8, 4) is 6.07 Å². The number of benzene rings is 1. The molecule has 4 rings (SSSR count). The zero-order valence-electron chi connectivity index (χ0n) is 19.9. The molecule has 0 spiro atoms. The molecule has 0 unspecified atom stereocenters. The largest absolute Gasteiger partial charge is 0.373 e. The van der Waals surface area contributed by atoms with E-state index in [2.05, 4.69) is 21.4 Å². The number of carbonyl (C=O) groups excluding carboxylic acids is 2. The van der Waals surface area contributed by atoms with Crippen molar-refractivity contribution >= 4 is 35.5 Å². The number of primary amides is 1. The van der Waals surface area contributed by atoms with Gasteiger partial charge in [0.15, 0.2) is 5.82 Å². The number of aromatic nitrogens is 2. The summed E-state index contributed by atoms with van der Waals surface area (Å²) in [4.78, 5) is 33.8. The van der Waals surface area contributed by atoms with Crippen LogP contribution in [0.1, 0.15) is 48.0 Å². The molecule has 9 nitrogen and oxygen atoms in total. The Morgan fingerprint density at radius 2 is 2.00 bits per heavy atom. The first-order valence-electron chi connectivity index (χ1n) is 11.1. The van der Waals surface area contributed by atoms with Crippen LogP contribution in [0.2, 0.25) is 0 Å². The number of amides is 2. The number of hydrogen-bond donors (Lipinski definition) is 2. The summed E-state index contributed by atoms with van der Waals surface area (Å²) < 4.78 is 14.0. The van der Waals surface area contributed by atoms with Gasteiger partial charge in [-0.25, -0.2) is 9.37 Å². The predicted molar refractivity (Wildman–Crippen MR) is 128 cm³/mol. The van der Waals surface area contributed by atoms with Crippen LogP contribution in [-0.2, 0) is 4.79 Å². The highest BCUT2D eigenvalue weighted by Crippen LogP contribution is 2.53. The van der Waals surface area contributed by atoms with E-state index in [1.807, 2.05) is 0 Å². The quantitative estimate of drug-likeness (QED) is 0.622. The Kier molecular flexibility index (Phi) is 7.35. The van der Waals surface area contributed by atoms with Crippen molar-refractivity contribution in [3.63, 3.8) is 0 Å². The van der Waals surface area contributed by atoms with E-state index in [0.717, 1.165) is 12.0 Å². The fraction of sp³-hybridized carbons (Fsp3) is 0.458. The standard InChI is InChI=1S/C16H19FN6O2.C8H11N/c1-9-5-10(14(18)25)11(17)6-12(9)20-16-19-7-13(22(2)3)15(21-16)23(4)8-24;9-6-8-3-1-7(5-8)2-4-8/h5-8H,1-4H3,(H2,18,25)(H,19,20,21);7H,1-5H2. The molecule has 2 fully saturated rings. The monoisotopic (exact) mass is 467 g/mol. The maximum Gasteiger partial charge on any atom is 0.251 e. The SMILES string of the molecule is Cc1cc(C(N)=O)c(F)cc1Nc1ncc(N(C)C)c(N(C)C=O)n1.N#CC12CCC(CC1)C2. The molecule has 0 aliphatic heterocycles. The zero-order chi connectivity index (χ0) is 25.0. The fourth-order valence-corrected chi connectivity index (χ4v) is 4.53. The highest BCUT2D eigenvalue weighted by Gasteiger charge is 2.44. The van der Waals surface area contributed by atoms with Crippen LogP contribution in [0.5, 0.6) is 0 Å². The van der Waals surface area contributed by atoms with E-state index in [9.17, 15) is 14.0 Å². The van der Waals surface area contributed by atoms with Gasteiger partial charge in [0.2, 0.25) is 12.4 Å². The molecular formula is C24H30FN7O2. The Labute approximate surface area is 198 Å². The average Bonchev–Trinajstić information content (AvgIpc) is 3.43. The minimum atomic E-state index is -0.839. The normalized spacial score (nSPS) is 20.1. The van der Waals surface area contributed by atoms with Gasteiger partial charge < -0.3 is 20.9 Å². The van der Waals surface area contributed by atoms with Crippen molar-refractivity contribution in [2.24, 2.45) is 17.1 Å². The third kappa shape index (κ3) is 5.25. The smallest absolute Gasteiger partial charge is 0.251 e. The van der Waals surface area contributed by atoms with Crippen molar-refractivity contribution in [2.75, 3.05) is 36.3 Å². The molecule has 0 radical (unpaired) electrons. The van der Waals surface area contributed by atoms with Crippen molar-refractivity contribution in [1.82, 2.24) is 9.97 Å². The molecule has 2 aromatic rings. The second-order valence-electron chi connectivity index (χ2n) is 9.19. The molecule has 10 heteroatoms. The van der Waals surface area contributed by atoms with E-state index >= 15 is 0 Å². The van der Waals surface area contributed by atoms with Crippen molar-refractivity contribution in [3.05, 3.63) is 35.3 Å². The molecule has 2 bridgehead atoms. The number of hydrogen-bond acceptors (Lipinski definition) is 7. The summed E-state index contributed by atoms with van der Waals surface area (Å²) in [6.45, 7) is 1.70. The predicted octanol–water partition coefficient (Wildman–Crippen LogP) is 3.52. The van der Waals surface area contributed by atoms with Crippen molar-refractivity contribution in [2.45, 2.75) is 39.0 Å². The zero-order valence-corrected chi connectivity index (χ0v) is 19.9. The van der Waals surface area contributed by atoms with Crippen LogP contribution in [-0.4, -0.2) is 43.4 Å². The Morgan fingerprint density at radius 1 is 1.32 bits per heavy atom. The lowest BCUT2D eigenvalue weighted by Gasteiger charge is -2.20. The number of rotatable bonds is 6. The molecule has 34 heavy (non-hydrogen) atoms. The van der Waals surface area contributed by atoms with Crippen LogP contribution >= 0.6 is 0 Å². The van der Waals surface area contributed by atoms with E-state index in [-0.39, 0.29) is 16.9 Å². The van der Waals surface area contributed by atoms with Crippen LogP contribution in [0.25, 0.3) is 0 Å². The van der Waals surface area contributed by atoms with Crippen LogP contribution in [0, 0.1) is 35.4 Å². The summed E-state index contributed by atoms with van der Waals surface area (Å²) in [5.41, 5.74) is 6.74. The van der Waals surface area contributed by atoms with Gasteiger partial charge in [-0.3, -0.25) is 9.59 Å². The third-order valence-electron chi connectivity index (χ3n) is 6.53. The molecule has 180 valence electrons. The molecule has 2 saturated carbocycles. The number of halogens is 1. The molecule has 0 saturated heterocycles. The lowest BCUT2D eigenvalue weighted by atomic mass is 9.86. The lowest BCUT2D eigenvalue weighted by Crippen LogP contribution is -2.21. The van der Waals surface area contributed by atoms with E-state index < -0.39 is 11.7 Å². The van der Waals surface area contributed by atoms with E-state index in [1.54, 1.807) is 39.2 Å². The topological polar surface area (TPSA) is 128 Å². The number of nitriles is 1. The molecule has 3 N–H and O–H groups in total. The van der Waals surface area contributed by atoms with Gasteiger partial charge in [-0.15, -0.1) is 0 Å². The molecule has 2 amide bonds. The summed E-state index contributed by atoms with van der Waals surface area (Å²) in [6, 6.07) is 4.98. The third-order valence-corrected chi connectivity index (χ3v) is 6.53. The Morgan fingerprint density at radius 3 is 2.47 bits per heavy atom. The maximum absolute atomic E-state index is 14.0. The van der Waals surface area contributed by atoms with Gasteiger partial charge >= 0.3 is 0 Å². The Hall–Kier alpha value is -3.74.